The van der Waals surface area contributed by atoms with Crippen LogP contribution in [0.4, 0.5) is 0 Å². The maximum atomic E-state index is 9.20. The molecule has 0 radical (unpaired) electrons. The lowest BCUT2D eigenvalue weighted by Gasteiger charge is -2.37. The fraction of sp³-hybridized carbons (Fsp3) is 0.714. The first-order valence-corrected chi connectivity index (χ1v) is 9.14. The molecule has 0 unspecified atom stereocenters. The van der Waals surface area contributed by atoms with Gasteiger partial charge in [0.1, 0.15) is 5.75 Å². The highest BCUT2D eigenvalue weighted by Gasteiger charge is 2.34. The molecule has 1 aromatic rings. The van der Waals surface area contributed by atoms with Gasteiger partial charge < -0.3 is 9.84 Å². The van der Waals surface area contributed by atoms with Crippen molar-refractivity contribution in [3.63, 3.8) is 0 Å². The summed E-state index contributed by atoms with van der Waals surface area (Å²) in [5, 5.41) is 9.20. The lowest BCUT2D eigenvalue weighted by molar-refractivity contribution is 0.288. The van der Waals surface area contributed by atoms with Gasteiger partial charge in [0, 0.05) is 17.7 Å². The monoisotopic (exact) mass is 318 g/mol. The SMILES string of the molecule is COc1c(C(C)(C)C)cc(CCCO)cc1C1(C)CCCCC1. The lowest BCUT2D eigenvalue weighted by Crippen LogP contribution is -2.27. The molecule has 0 aromatic heterocycles. The van der Waals surface area contributed by atoms with Crippen LogP contribution in [0.25, 0.3) is 0 Å². The van der Waals surface area contributed by atoms with Crippen molar-refractivity contribution in [2.75, 3.05) is 13.7 Å². The second kappa shape index (κ2) is 7.25. The molecule has 0 amide bonds. The van der Waals surface area contributed by atoms with Gasteiger partial charge in [-0.05, 0) is 42.1 Å². The second-order valence-corrected chi connectivity index (χ2v) is 8.42. The Morgan fingerprint density at radius 3 is 2.30 bits per heavy atom. The maximum Gasteiger partial charge on any atom is 0.126 e. The lowest BCUT2D eigenvalue weighted by atomic mass is 9.68. The van der Waals surface area contributed by atoms with E-state index in [0.717, 1.165) is 18.6 Å². The predicted molar refractivity (Wildman–Crippen MR) is 97.5 cm³/mol. The van der Waals surface area contributed by atoms with Crippen molar-refractivity contribution in [2.24, 2.45) is 0 Å². The van der Waals surface area contributed by atoms with Crippen molar-refractivity contribution < 1.29 is 9.84 Å². The van der Waals surface area contributed by atoms with Crippen molar-refractivity contribution >= 4 is 0 Å². The number of hydrogen-bond donors (Lipinski definition) is 1. The largest absolute Gasteiger partial charge is 0.496 e. The minimum Gasteiger partial charge on any atom is -0.496 e. The normalized spacial score (nSPS) is 18.0. The van der Waals surface area contributed by atoms with Crippen LogP contribution < -0.4 is 4.74 Å². The van der Waals surface area contributed by atoms with E-state index in [1.54, 1.807) is 0 Å². The Hall–Kier alpha value is -1.02. The molecule has 1 saturated carbocycles. The van der Waals surface area contributed by atoms with Crippen molar-refractivity contribution in [1.29, 1.82) is 0 Å². The van der Waals surface area contributed by atoms with E-state index in [9.17, 15) is 5.11 Å². The third kappa shape index (κ3) is 4.09. The molecule has 1 aliphatic rings. The fourth-order valence-corrected chi connectivity index (χ4v) is 3.94. The standard InChI is InChI=1S/C21H34O2/c1-20(2,3)17-14-16(10-9-13-22)15-18(19(17)23-5)21(4)11-7-6-8-12-21/h14-15,22H,6-13H2,1-5H3. The molecule has 2 rings (SSSR count). The molecule has 0 bridgehead atoms. The summed E-state index contributed by atoms with van der Waals surface area (Å²) in [6.07, 6.45) is 8.23. The van der Waals surface area contributed by atoms with Gasteiger partial charge >= 0.3 is 0 Å². The van der Waals surface area contributed by atoms with Crippen molar-refractivity contribution in [1.82, 2.24) is 0 Å². The molecule has 2 nitrogen and oxygen atoms in total. The fourth-order valence-electron chi connectivity index (χ4n) is 3.94. The molecule has 23 heavy (non-hydrogen) atoms. The molecule has 0 spiro atoms. The Morgan fingerprint density at radius 2 is 1.78 bits per heavy atom. The zero-order valence-corrected chi connectivity index (χ0v) is 15.7. The first-order chi connectivity index (χ1) is 10.8. The van der Waals surface area contributed by atoms with Gasteiger partial charge in [-0.25, -0.2) is 0 Å². The third-order valence-corrected chi connectivity index (χ3v) is 5.39. The molecule has 130 valence electrons. The summed E-state index contributed by atoms with van der Waals surface area (Å²) in [6.45, 7) is 9.44. The Balaban J connectivity index is 2.57. The first kappa shape index (κ1) is 18.3. The van der Waals surface area contributed by atoms with E-state index in [4.69, 9.17) is 4.74 Å². The Bertz CT molecular complexity index is 519. The van der Waals surface area contributed by atoms with Gasteiger partial charge in [-0.1, -0.05) is 59.1 Å². The molecular formula is C21H34O2. The number of aliphatic hydroxyl groups excluding tert-OH is 1. The van der Waals surface area contributed by atoms with Gasteiger partial charge in [0.15, 0.2) is 0 Å². The number of rotatable bonds is 5. The second-order valence-electron chi connectivity index (χ2n) is 8.42. The Labute approximate surface area is 142 Å². The highest BCUT2D eigenvalue weighted by atomic mass is 16.5. The van der Waals surface area contributed by atoms with Gasteiger partial charge in [0.2, 0.25) is 0 Å². The molecule has 1 aliphatic carbocycles. The van der Waals surface area contributed by atoms with Crippen molar-refractivity contribution in [2.45, 2.75) is 83.5 Å². The van der Waals surface area contributed by atoms with E-state index in [1.165, 1.54) is 48.8 Å². The number of benzene rings is 1. The van der Waals surface area contributed by atoms with E-state index < -0.39 is 0 Å². The predicted octanol–water partition coefficient (Wildman–Crippen LogP) is 5.14. The van der Waals surface area contributed by atoms with Gasteiger partial charge in [-0.2, -0.15) is 0 Å². The van der Waals surface area contributed by atoms with Crippen molar-refractivity contribution in [3.8, 4) is 5.75 Å². The molecule has 1 fully saturated rings. The third-order valence-electron chi connectivity index (χ3n) is 5.39. The first-order valence-electron chi connectivity index (χ1n) is 9.14. The maximum absolute atomic E-state index is 9.20. The quantitative estimate of drug-likeness (QED) is 0.814. The summed E-state index contributed by atoms with van der Waals surface area (Å²) >= 11 is 0. The zero-order valence-electron chi connectivity index (χ0n) is 15.7. The number of ether oxygens (including phenoxy) is 1. The van der Waals surface area contributed by atoms with Crippen LogP contribution in [0.1, 0.15) is 82.9 Å². The Kier molecular flexibility index (Phi) is 5.78. The molecule has 0 saturated heterocycles. The van der Waals surface area contributed by atoms with Crippen LogP contribution in [-0.2, 0) is 17.3 Å². The minimum atomic E-state index is 0.0559. The highest BCUT2D eigenvalue weighted by Crippen LogP contribution is 2.46. The minimum absolute atomic E-state index is 0.0559. The van der Waals surface area contributed by atoms with Gasteiger partial charge in [0.25, 0.3) is 0 Å². The number of aliphatic hydroxyl groups is 1. The number of methoxy groups -OCH3 is 1. The van der Waals surface area contributed by atoms with E-state index in [-0.39, 0.29) is 17.4 Å². The molecule has 0 heterocycles. The highest BCUT2D eigenvalue weighted by molar-refractivity contribution is 5.51. The molecule has 1 aromatic carbocycles. The van der Waals surface area contributed by atoms with E-state index >= 15 is 0 Å². The molecule has 1 N–H and O–H groups in total. The van der Waals surface area contributed by atoms with Crippen LogP contribution in [0, 0.1) is 0 Å². The van der Waals surface area contributed by atoms with Crippen LogP contribution in [0.5, 0.6) is 5.75 Å². The van der Waals surface area contributed by atoms with E-state index in [0.29, 0.717) is 0 Å². The van der Waals surface area contributed by atoms with E-state index in [1.807, 2.05) is 7.11 Å². The molecule has 2 heteroatoms. The average molecular weight is 319 g/mol. The molecule has 0 aliphatic heterocycles. The van der Waals surface area contributed by atoms with Crippen LogP contribution in [0.15, 0.2) is 12.1 Å². The van der Waals surface area contributed by atoms with Gasteiger partial charge in [0.05, 0.1) is 7.11 Å². The number of aryl methyl sites for hydroxylation is 1. The van der Waals surface area contributed by atoms with E-state index in [2.05, 4.69) is 39.8 Å². The van der Waals surface area contributed by atoms with Crippen LogP contribution in [0.2, 0.25) is 0 Å². The van der Waals surface area contributed by atoms with Crippen LogP contribution in [0.3, 0.4) is 0 Å². The molecule has 0 atom stereocenters. The van der Waals surface area contributed by atoms with Crippen LogP contribution in [-0.4, -0.2) is 18.8 Å². The molecular weight excluding hydrogens is 284 g/mol. The Morgan fingerprint density at radius 1 is 1.13 bits per heavy atom. The zero-order chi connectivity index (χ0) is 17.1. The summed E-state index contributed by atoms with van der Waals surface area (Å²) in [4.78, 5) is 0. The summed E-state index contributed by atoms with van der Waals surface area (Å²) in [5.74, 6) is 1.09. The topological polar surface area (TPSA) is 29.5 Å². The van der Waals surface area contributed by atoms with Gasteiger partial charge in [-0.15, -0.1) is 0 Å². The van der Waals surface area contributed by atoms with Gasteiger partial charge in [-0.3, -0.25) is 0 Å². The summed E-state index contributed by atoms with van der Waals surface area (Å²) in [5.41, 5.74) is 4.31. The summed E-state index contributed by atoms with van der Waals surface area (Å²) in [7, 11) is 1.81. The summed E-state index contributed by atoms with van der Waals surface area (Å²) in [6, 6.07) is 4.65. The average Bonchev–Trinajstić information content (AvgIpc) is 2.51. The smallest absolute Gasteiger partial charge is 0.126 e. The van der Waals surface area contributed by atoms with Crippen LogP contribution >= 0.6 is 0 Å². The number of hydrogen-bond acceptors (Lipinski definition) is 2. The van der Waals surface area contributed by atoms with Crippen molar-refractivity contribution in [3.05, 3.63) is 28.8 Å². The summed E-state index contributed by atoms with van der Waals surface area (Å²) < 4.78 is 5.93.